The number of thioether (sulfide) groups is 1. The average Bonchev–Trinajstić information content (AvgIpc) is 3.23. The molecular weight excluding hydrogens is 390 g/mol. The maximum Gasteiger partial charge on any atom is 0.254 e. The Labute approximate surface area is 172 Å². The molecule has 1 unspecified atom stereocenters. The number of methoxy groups -OCH3 is 1. The smallest absolute Gasteiger partial charge is 0.254 e. The van der Waals surface area contributed by atoms with Crippen molar-refractivity contribution in [1.29, 1.82) is 0 Å². The number of anilines is 2. The predicted molar refractivity (Wildman–Crippen MR) is 111 cm³/mol. The molecule has 1 atom stereocenters. The van der Waals surface area contributed by atoms with Crippen LogP contribution in [-0.4, -0.2) is 48.1 Å². The van der Waals surface area contributed by atoms with Crippen molar-refractivity contribution >= 4 is 40.9 Å². The first-order valence-electron chi connectivity index (χ1n) is 9.38. The van der Waals surface area contributed by atoms with E-state index in [2.05, 4.69) is 10.6 Å². The summed E-state index contributed by atoms with van der Waals surface area (Å²) in [7, 11) is 1.58. The van der Waals surface area contributed by atoms with E-state index in [9.17, 15) is 14.4 Å². The van der Waals surface area contributed by atoms with Gasteiger partial charge in [-0.2, -0.15) is 0 Å². The number of benzene rings is 2. The molecule has 0 aromatic heterocycles. The highest BCUT2D eigenvalue weighted by atomic mass is 32.2. The van der Waals surface area contributed by atoms with Crippen LogP contribution in [0, 0.1) is 0 Å². The summed E-state index contributed by atoms with van der Waals surface area (Å²) in [6.45, 7) is 0.526. The third kappa shape index (κ3) is 4.07. The van der Waals surface area contributed by atoms with Crippen molar-refractivity contribution in [2.45, 2.75) is 23.8 Å². The molecule has 0 bridgehead atoms. The summed E-state index contributed by atoms with van der Waals surface area (Å²) in [4.78, 5) is 40.1. The number of likely N-dealkylation sites (tertiary alicyclic amines) is 1. The average molecular weight is 411 g/mol. The van der Waals surface area contributed by atoms with Gasteiger partial charge in [0.25, 0.3) is 5.91 Å². The lowest BCUT2D eigenvalue weighted by Gasteiger charge is -2.25. The van der Waals surface area contributed by atoms with Crippen LogP contribution in [0.1, 0.15) is 23.2 Å². The van der Waals surface area contributed by atoms with E-state index < -0.39 is 6.04 Å². The molecule has 150 valence electrons. The van der Waals surface area contributed by atoms with Gasteiger partial charge in [0.05, 0.1) is 18.6 Å². The summed E-state index contributed by atoms with van der Waals surface area (Å²) in [5, 5.41) is 5.68. The van der Waals surface area contributed by atoms with E-state index in [4.69, 9.17) is 4.74 Å². The molecule has 3 amide bonds. The second-order valence-corrected chi connectivity index (χ2v) is 7.94. The third-order valence-corrected chi connectivity index (χ3v) is 6.11. The van der Waals surface area contributed by atoms with Crippen molar-refractivity contribution in [2.75, 3.05) is 30.0 Å². The van der Waals surface area contributed by atoms with Crippen LogP contribution in [0.3, 0.4) is 0 Å². The molecule has 2 aromatic rings. The number of hydrogen-bond donors (Lipinski definition) is 2. The first kappa shape index (κ1) is 19.3. The zero-order chi connectivity index (χ0) is 20.4. The first-order chi connectivity index (χ1) is 14.0. The predicted octanol–water partition coefficient (Wildman–Crippen LogP) is 2.98. The molecule has 1 fully saturated rings. The summed E-state index contributed by atoms with van der Waals surface area (Å²) in [5.74, 6) is 0.594. The van der Waals surface area contributed by atoms with Crippen molar-refractivity contribution in [3.05, 3.63) is 48.0 Å². The maximum absolute atomic E-state index is 13.1. The van der Waals surface area contributed by atoms with Gasteiger partial charge >= 0.3 is 0 Å². The van der Waals surface area contributed by atoms with Crippen LogP contribution in [0.4, 0.5) is 11.4 Å². The molecule has 1 saturated heterocycles. The molecule has 0 radical (unpaired) electrons. The normalized spacial score (nSPS) is 18.0. The minimum Gasteiger partial charge on any atom is -0.497 e. The number of ether oxygens (including phenoxy) is 1. The number of amides is 3. The molecule has 2 N–H and O–H groups in total. The molecule has 2 aliphatic heterocycles. The van der Waals surface area contributed by atoms with E-state index >= 15 is 0 Å². The zero-order valence-corrected chi connectivity index (χ0v) is 16.8. The van der Waals surface area contributed by atoms with Crippen molar-refractivity contribution in [3.63, 3.8) is 0 Å². The number of carbonyl (C=O) groups excluding carboxylic acids is 3. The highest BCUT2D eigenvalue weighted by Crippen LogP contribution is 2.33. The van der Waals surface area contributed by atoms with Gasteiger partial charge in [-0.05, 0) is 55.3 Å². The van der Waals surface area contributed by atoms with Gasteiger partial charge in [0.1, 0.15) is 11.8 Å². The minimum atomic E-state index is -0.524. The Morgan fingerprint density at radius 3 is 2.76 bits per heavy atom. The lowest BCUT2D eigenvalue weighted by atomic mass is 10.1. The molecule has 2 heterocycles. The molecule has 8 heteroatoms. The molecule has 2 aromatic carbocycles. The molecule has 4 rings (SSSR count). The topological polar surface area (TPSA) is 87.7 Å². The molecule has 29 heavy (non-hydrogen) atoms. The van der Waals surface area contributed by atoms with E-state index in [-0.39, 0.29) is 17.7 Å². The van der Waals surface area contributed by atoms with Crippen molar-refractivity contribution < 1.29 is 19.1 Å². The van der Waals surface area contributed by atoms with Gasteiger partial charge in [-0.25, -0.2) is 0 Å². The highest BCUT2D eigenvalue weighted by Gasteiger charge is 2.35. The minimum absolute atomic E-state index is 0.0787. The fraction of sp³-hybridized carbons (Fsp3) is 0.286. The Bertz CT molecular complexity index is 961. The summed E-state index contributed by atoms with van der Waals surface area (Å²) in [6, 6.07) is 11.8. The number of carbonyl (C=O) groups is 3. The molecule has 0 spiro atoms. The summed E-state index contributed by atoms with van der Waals surface area (Å²) < 4.78 is 5.12. The van der Waals surface area contributed by atoms with Crippen LogP contribution < -0.4 is 15.4 Å². The van der Waals surface area contributed by atoms with Gasteiger partial charge in [0.2, 0.25) is 11.8 Å². The second kappa shape index (κ2) is 8.16. The van der Waals surface area contributed by atoms with Gasteiger partial charge in [-0.15, -0.1) is 11.8 Å². The van der Waals surface area contributed by atoms with Crippen LogP contribution in [0.15, 0.2) is 47.4 Å². The summed E-state index contributed by atoms with van der Waals surface area (Å²) in [5.41, 5.74) is 1.77. The van der Waals surface area contributed by atoms with Crippen LogP contribution in [-0.2, 0) is 9.59 Å². The lowest BCUT2D eigenvalue weighted by Crippen LogP contribution is -2.43. The maximum atomic E-state index is 13.1. The van der Waals surface area contributed by atoms with E-state index in [0.29, 0.717) is 41.4 Å². The Kier molecular flexibility index (Phi) is 5.44. The van der Waals surface area contributed by atoms with Gasteiger partial charge in [-0.1, -0.05) is 0 Å². The Balaban J connectivity index is 1.48. The quantitative estimate of drug-likeness (QED) is 0.808. The summed E-state index contributed by atoms with van der Waals surface area (Å²) in [6.07, 6.45) is 1.38. The zero-order valence-electron chi connectivity index (χ0n) is 15.9. The molecular formula is C21H21N3O4S. The number of rotatable bonds is 4. The van der Waals surface area contributed by atoms with E-state index in [1.807, 2.05) is 6.07 Å². The largest absolute Gasteiger partial charge is 0.497 e. The van der Waals surface area contributed by atoms with Crippen molar-refractivity contribution in [3.8, 4) is 5.75 Å². The molecule has 2 aliphatic rings. The standard InChI is InChI=1S/C21H21N3O4S/c1-28-15-7-5-14(6-8-15)22-20(26)17-3-2-10-24(17)21(27)13-4-9-18-16(11-13)23-19(25)12-29-18/h4-9,11,17H,2-3,10,12H2,1H3,(H,22,26)(H,23,25). The monoisotopic (exact) mass is 411 g/mol. The fourth-order valence-corrected chi connectivity index (χ4v) is 4.35. The van der Waals surface area contributed by atoms with Gasteiger partial charge in [0.15, 0.2) is 0 Å². The highest BCUT2D eigenvalue weighted by molar-refractivity contribution is 8.00. The van der Waals surface area contributed by atoms with Crippen molar-refractivity contribution in [2.24, 2.45) is 0 Å². The van der Waals surface area contributed by atoms with E-state index in [0.717, 1.165) is 11.3 Å². The van der Waals surface area contributed by atoms with Crippen molar-refractivity contribution in [1.82, 2.24) is 4.90 Å². The molecule has 7 nitrogen and oxygen atoms in total. The van der Waals surface area contributed by atoms with Crippen LogP contribution in [0.5, 0.6) is 5.75 Å². The number of fused-ring (bicyclic) bond motifs is 1. The van der Waals surface area contributed by atoms with E-state index in [1.54, 1.807) is 48.4 Å². The SMILES string of the molecule is COc1ccc(NC(=O)C2CCCN2C(=O)c2ccc3c(c2)NC(=O)CS3)cc1. The number of nitrogens with zero attached hydrogens (tertiary/aromatic N) is 1. The van der Waals surface area contributed by atoms with Crippen LogP contribution in [0.25, 0.3) is 0 Å². The lowest BCUT2D eigenvalue weighted by molar-refractivity contribution is -0.119. The van der Waals surface area contributed by atoms with Crippen LogP contribution in [0.2, 0.25) is 0 Å². The third-order valence-electron chi connectivity index (χ3n) is 5.03. The Morgan fingerprint density at radius 1 is 1.21 bits per heavy atom. The van der Waals surface area contributed by atoms with Crippen LogP contribution >= 0.6 is 11.8 Å². The van der Waals surface area contributed by atoms with Gasteiger partial charge < -0.3 is 20.3 Å². The Morgan fingerprint density at radius 2 is 2.00 bits per heavy atom. The molecule has 0 aliphatic carbocycles. The second-order valence-electron chi connectivity index (χ2n) is 6.92. The van der Waals surface area contributed by atoms with Gasteiger partial charge in [-0.3, -0.25) is 14.4 Å². The number of hydrogen-bond acceptors (Lipinski definition) is 5. The first-order valence-corrected chi connectivity index (χ1v) is 10.4. The molecule has 0 saturated carbocycles. The fourth-order valence-electron chi connectivity index (χ4n) is 3.56. The van der Waals surface area contributed by atoms with Gasteiger partial charge in [0, 0.05) is 22.7 Å². The van der Waals surface area contributed by atoms with E-state index in [1.165, 1.54) is 11.8 Å². The number of nitrogens with one attached hydrogen (secondary N) is 2. The Hall–Kier alpha value is -3.00. The summed E-state index contributed by atoms with van der Waals surface area (Å²) >= 11 is 1.45.